The first-order valence-corrected chi connectivity index (χ1v) is 9.89. The van der Waals surface area contributed by atoms with Gasteiger partial charge in [0.1, 0.15) is 5.69 Å². The van der Waals surface area contributed by atoms with Crippen molar-refractivity contribution in [1.82, 2.24) is 25.3 Å². The number of fused-ring (bicyclic) bond motifs is 2. The van der Waals surface area contributed by atoms with Crippen molar-refractivity contribution in [2.45, 2.75) is 43.4 Å². The minimum Gasteiger partial charge on any atom is -0.332 e. The molecule has 2 aliphatic heterocycles. The summed E-state index contributed by atoms with van der Waals surface area (Å²) in [5.74, 6) is -0.00492. The molecule has 5 rings (SSSR count). The van der Waals surface area contributed by atoms with E-state index in [1.165, 1.54) is 11.3 Å². The summed E-state index contributed by atoms with van der Waals surface area (Å²) in [4.78, 5) is 16.0. The van der Waals surface area contributed by atoms with Gasteiger partial charge in [-0.05, 0) is 31.0 Å². The van der Waals surface area contributed by atoms with Gasteiger partial charge in [0, 0.05) is 53.1 Å². The maximum Gasteiger partial charge on any atom is 0.255 e. The fourth-order valence-corrected chi connectivity index (χ4v) is 5.27. The molecular formula is C19H18FN5OS. The lowest BCUT2D eigenvalue weighted by molar-refractivity contribution is 0.00793. The van der Waals surface area contributed by atoms with Gasteiger partial charge in [-0.15, -0.1) is 11.3 Å². The van der Waals surface area contributed by atoms with Gasteiger partial charge in [0.25, 0.3) is 5.91 Å². The van der Waals surface area contributed by atoms with Gasteiger partial charge in [0.2, 0.25) is 0 Å². The number of nitrogens with zero attached hydrogens (tertiary/aromatic N) is 4. The van der Waals surface area contributed by atoms with E-state index in [9.17, 15) is 4.79 Å². The lowest BCUT2D eigenvalue weighted by Gasteiger charge is -2.41. The highest BCUT2D eigenvalue weighted by Crippen LogP contribution is 2.48. The molecule has 2 saturated heterocycles. The number of amides is 1. The Labute approximate surface area is 159 Å². The SMILES string of the molecule is O=C(c1csc(-c2cn[nH]c2)c1)N1C2CCC1CC(F)(c1cccnn1)C2. The highest BCUT2D eigenvalue weighted by atomic mass is 32.1. The van der Waals surface area contributed by atoms with E-state index in [0.29, 0.717) is 11.3 Å². The molecule has 27 heavy (non-hydrogen) atoms. The van der Waals surface area contributed by atoms with Crippen LogP contribution in [0.5, 0.6) is 0 Å². The smallest absolute Gasteiger partial charge is 0.255 e. The van der Waals surface area contributed by atoms with Crippen molar-refractivity contribution in [2.75, 3.05) is 0 Å². The summed E-state index contributed by atoms with van der Waals surface area (Å²) < 4.78 is 15.6. The first-order valence-electron chi connectivity index (χ1n) is 9.01. The molecule has 5 heterocycles. The third-order valence-corrected chi connectivity index (χ3v) is 6.61. The standard InChI is InChI=1S/C19H18FN5OS/c20-19(17-2-1-5-21-24-17)7-14-3-4-15(8-19)25(14)18(26)12-6-16(27-11-12)13-9-22-23-10-13/h1-2,5-6,9-11,14-15H,3-4,7-8H2,(H,22,23). The molecule has 2 bridgehead atoms. The molecule has 1 amide bonds. The quantitative estimate of drug-likeness (QED) is 0.750. The second-order valence-corrected chi connectivity index (χ2v) is 8.18. The summed E-state index contributed by atoms with van der Waals surface area (Å²) in [5.41, 5.74) is 0.504. The molecule has 0 saturated carbocycles. The van der Waals surface area contributed by atoms with Crippen LogP contribution in [-0.2, 0) is 5.67 Å². The zero-order valence-corrected chi connectivity index (χ0v) is 15.3. The summed E-state index contributed by atoms with van der Waals surface area (Å²) in [6.45, 7) is 0. The van der Waals surface area contributed by atoms with Crippen LogP contribution in [0.3, 0.4) is 0 Å². The Bertz CT molecular complexity index is 944. The first-order chi connectivity index (χ1) is 13.1. The molecule has 2 fully saturated rings. The second kappa shape index (κ2) is 6.23. The Hall–Kier alpha value is -2.61. The highest BCUT2D eigenvalue weighted by molar-refractivity contribution is 7.13. The summed E-state index contributed by atoms with van der Waals surface area (Å²) in [7, 11) is 0. The Morgan fingerprint density at radius 3 is 2.81 bits per heavy atom. The van der Waals surface area contributed by atoms with Crippen molar-refractivity contribution in [3.05, 3.63) is 53.4 Å². The average molecular weight is 383 g/mol. The summed E-state index contributed by atoms with van der Waals surface area (Å²) in [6, 6.07) is 5.12. The molecule has 2 unspecified atom stereocenters. The minimum atomic E-state index is -1.51. The van der Waals surface area contributed by atoms with Crippen LogP contribution >= 0.6 is 11.3 Å². The van der Waals surface area contributed by atoms with Gasteiger partial charge < -0.3 is 4.90 Å². The van der Waals surface area contributed by atoms with Crippen molar-refractivity contribution >= 4 is 17.2 Å². The van der Waals surface area contributed by atoms with Gasteiger partial charge in [-0.25, -0.2) is 4.39 Å². The molecule has 3 aromatic heterocycles. The van der Waals surface area contributed by atoms with Crippen LogP contribution in [0.15, 0.2) is 42.2 Å². The van der Waals surface area contributed by atoms with E-state index >= 15 is 4.39 Å². The van der Waals surface area contributed by atoms with Crippen LogP contribution in [0.25, 0.3) is 10.4 Å². The Morgan fingerprint density at radius 2 is 2.15 bits per heavy atom. The van der Waals surface area contributed by atoms with Crippen molar-refractivity contribution < 1.29 is 9.18 Å². The number of rotatable bonds is 3. The Morgan fingerprint density at radius 1 is 1.33 bits per heavy atom. The number of carbonyl (C=O) groups is 1. The van der Waals surface area contributed by atoms with Crippen LogP contribution in [0.4, 0.5) is 4.39 Å². The molecule has 0 radical (unpaired) electrons. The first kappa shape index (κ1) is 16.6. The van der Waals surface area contributed by atoms with E-state index in [1.54, 1.807) is 24.5 Å². The number of nitrogens with one attached hydrogen (secondary N) is 1. The van der Waals surface area contributed by atoms with Gasteiger partial charge in [-0.2, -0.15) is 15.3 Å². The van der Waals surface area contributed by atoms with E-state index in [1.807, 2.05) is 22.5 Å². The summed E-state index contributed by atoms with van der Waals surface area (Å²) >= 11 is 1.52. The van der Waals surface area contributed by atoms with Crippen molar-refractivity contribution in [3.8, 4) is 10.4 Å². The lowest BCUT2D eigenvalue weighted by atomic mass is 9.84. The number of hydrogen-bond donors (Lipinski definition) is 1. The van der Waals surface area contributed by atoms with Crippen molar-refractivity contribution in [2.24, 2.45) is 0 Å². The predicted molar refractivity (Wildman–Crippen MR) is 98.9 cm³/mol. The minimum absolute atomic E-state index is 0.00492. The van der Waals surface area contributed by atoms with E-state index in [-0.39, 0.29) is 30.8 Å². The van der Waals surface area contributed by atoms with E-state index in [0.717, 1.165) is 23.3 Å². The topological polar surface area (TPSA) is 74.8 Å². The molecule has 0 spiro atoms. The number of hydrogen-bond acceptors (Lipinski definition) is 5. The molecule has 138 valence electrons. The predicted octanol–water partition coefficient (Wildman–Crippen LogP) is 3.56. The van der Waals surface area contributed by atoms with Crippen molar-refractivity contribution in [3.63, 3.8) is 0 Å². The largest absolute Gasteiger partial charge is 0.332 e. The Kier molecular flexibility index (Phi) is 3.82. The summed E-state index contributed by atoms with van der Waals surface area (Å²) in [5, 5.41) is 16.4. The van der Waals surface area contributed by atoms with Gasteiger partial charge in [0.05, 0.1) is 11.8 Å². The monoisotopic (exact) mass is 383 g/mol. The highest BCUT2D eigenvalue weighted by Gasteiger charge is 2.52. The zero-order chi connectivity index (χ0) is 18.4. The number of halogens is 1. The molecule has 2 aliphatic rings. The van der Waals surface area contributed by atoms with Crippen LogP contribution in [0.2, 0.25) is 0 Å². The molecule has 0 aromatic carbocycles. The number of thiophene rings is 1. The number of aromatic amines is 1. The number of aromatic nitrogens is 4. The van der Waals surface area contributed by atoms with E-state index < -0.39 is 5.67 Å². The Balaban J connectivity index is 1.39. The van der Waals surface area contributed by atoms with Crippen LogP contribution in [0, 0.1) is 0 Å². The average Bonchev–Trinajstić information content (AvgIpc) is 3.41. The maximum absolute atomic E-state index is 15.6. The number of H-pyrrole nitrogens is 1. The number of carbonyl (C=O) groups excluding carboxylic acids is 1. The maximum atomic E-state index is 15.6. The molecule has 0 aliphatic carbocycles. The molecule has 8 heteroatoms. The molecule has 1 N–H and O–H groups in total. The van der Waals surface area contributed by atoms with E-state index in [2.05, 4.69) is 20.4 Å². The fourth-order valence-electron chi connectivity index (χ4n) is 4.41. The third kappa shape index (κ3) is 2.75. The van der Waals surface area contributed by atoms with Crippen LogP contribution < -0.4 is 0 Å². The molecule has 2 atom stereocenters. The lowest BCUT2D eigenvalue weighted by Crippen LogP contribution is -2.50. The summed E-state index contributed by atoms with van der Waals surface area (Å²) in [6.07, 6.45) is 7.34. The van der Waals surface area contributed by atoms with Gasteiger partial charge >= 0.3 is 0 Å². The van der Waals surface area contributed by atoms with Crippen LogP contribution in [0.1, 0.15) is 41.7 Å². The van der Waals surface area contributed by atoms with E-state index in [4.69, 9.17) is 0 Å². The molecular weight excluding hydrogens is 365 g/mol. The normalized spacial score (nSPS) is 27.1. The third-order valence-electron chi connectivity index (χ3n) is 5.63. The zero-order valence-electron chi connectivity index (χ0n) is 14.5. The second-order valence-electron chi connectivity index (χ2n) is 7.27. The number of piperidine rings is 1. The van der Waals surface area contributed by atoms with Crippen LogP contribution in [-0.4, -0.2) is 43.3 Å². The van der Waals surface area contributed by atoms with Gasteiger partial charge in [-0.3, -0.25) is 9.89 Å². The number of alkyl halides is 1. The van der Waals surface area contributed by atoms with Gasteiger partial charge in [0.15, 0.2) is 5.67 Å². The fraction of sp³-hybridized carbons (Fsp3) is 0.368. The van der Waals surface area contributed by atoms with Crippen molar-refractivity contribution in [1.29, 1.82) is 0 Å². The van der Waals surface area contributed by atoms with Gasteiger partial charge in [-0.1, -0.05) is 0 Å². The molecule has 6 nitrogen and oxygen atoms in total. The molecule has 3 aromatic rings.